The van der Waals surface area contributed by atoms with Gasteiger partial charge in [0, 0.05) is 37.4 Å². The molecule has 2 aromatic rings. The van der Waals surface area contributed by atoms with Gasteiger partial charge in [0.15, 0.2) is 5.13 Å². The molecular formula is C12H16N4S. The van der Waals surface area contributed by atoms with Crippen molar-refractivity contribution in [1.82, 2.24) is 9.97 Å². The molecule has 0 aromatic carbocycles. The molecule has 0 aliphatic heterocycles. The fourth-order valence-electron chi connectivity index (χ4n) is 1.60. The highest BCUT2D eigenvalue weighted by Crippen LogP contribution is 2.25. The van der Waals surface area contributed by atoms with Gasteiger partial charge in [0.1, 0.15) is 0 Å². The zero-order valence-corrected chi connectivity index (χ0v) is 10.9. The molecule has 0 bridgehead atoms. The maximum Gasteiger partial charge on any atom is 0.185 e. The summed E-state index contributed by atoms with van der Waals surface area (Å²) in [5.41, 5.74) is 7.92. The number of thiazole rings is 1. The van der Waals surface area contributed by atoms with Crippen molar-refractivity contribution in [3.63, 3.8) is 0 Å². The third kappa shape index (κ3) is 2.81. The van der Waals surface area contributed by atoms with Crippen molar-refractivity contribution in [3.8, 4) is 0 Å². The zero-order valence-electron chi connectivity index (χ0n) is 10.1. The van der Waals surface area contributed by atoms with Crippen LogP contribution in [0.4, 0.5) is 5.13 Å². The van der Waals surface area contributed by atoms with Crippen LogP contribution in [0.15, 0.2) is 24.5 Å². The number of rotatable bonds is 4. The molecule has 90 valence electrons. The molecule has 2 N–H and O–H groups in total. The lowest BCUT2D eigenvalue weighted by Crippen LogP contribution is -2.15. The molecule has 0 fully saturated rings. The molecule has 2 rings (SSSR count). The summed E-state index contributed by atoms with van der Waals surface area (Å²) in [6, 6.07) is 4.03. The summed E-state index contributed by atoms with van der Waals surface area (Å²) in [5.74, 6) is 0. The van der Waals surface area contributed by atoms with E-state index < -0.39 is 0 Å². The molecule has 2 heterocycles. The summed E-state index contributed by atoms with van der Waals surface area (Å²) in [6.07, 6.45) is 3.61. The highest BCUT2D eigenvalue weighted by atomic mass is 32.1. The average Bonchev–Trinajstić information content (AvgIpc) is 2.72. The quantitative estimate of drug-likeness (QED) is 0.898. The second-order valence-corrected chi connectivity index (χ2v) is 4.98. The van der Waals surface area contributed by atoms with Crippen LogP contribution >= 0.6 is 11.3 Å². The largest absolute Gasteiger partial charge is 0.347 e. The lowest BCUT2D eigenvalue weighted by Gasteiger charge is -2.15. The van der Waals surface area contributed by atoms with E-state index >= 15 is 0 Å². The van der Waals surface area contributed by atoms with Gasteiger partial charge in [-0.05, 0) is 24.6 Å². The average molecular weight is 248 g/mol. The molecule has 0 spiro atoms. The number of aromatic nitrogens is 2. The molecule has 5 heteroatoms. The summed E-state index contributed by atoms with van der Waals surface area (Å²) in [5, 5.41) is 1.01. The lowest BCUT2D eigenvalue weighted by molar-refractivity contribution is 0.907. The molecule has 0 saturated carbocycles. The summed E-state index contributed by atoms with van der Waals surface area (Å²) in [6.45, 7) is 3.40. The van der Waals surface area contributed by atoms with Crippen molar-refractivity contribution in [2.45, 2.75) is 20.0 Å². The second-order valence-electron chi connectivity index (χ2n) is 3.92. The van der Waals surface area contributed by atoms with E-state index in [4.69, 9.17) is 5.73 Å². The van der Waals surface area contributed by atoms with Gasteiger partial charge in [-0.1, -0.05) is 0 Å². The van der Waals surface area contributed by atoms with Gasteiger partial charge in [0.2, 0.25) is 0 Å². The van der Waals surface area contributed by atoms with Crippen LogP contribution in [-0.4, -0.2) is 17.0 Å². The lowest BCUT2D eigenvalue weighted by atomic mass is 10.2. The van der Waals surface area contributed by atoms with Crippen LogP contribution in [0.2, 0.25) is 0 Å². The van der Waals surface area contributed by atoms with Gasteiger partial charge in [-0.15, -0.1) is 11.3 Å². The Labute approximate surface area is 105 Å². The summed E-state index contributed by atoms with van der Waals surface area (Å²) in [4.78, 5) is 11.8. The van der Waals surface area contributed by atoms with Crippen LogP contribution in [0.3, 0.4) is 0 Å². The molecule has 0 amide bonds. The van der Waals surface area contributed by atoms with Crippen LogP contribution < -0.4 is 10.6 Å². The van der Waals surface area contributed by atoms with E-state index in [2.05, 4.69) is 14.9 Å². The van der Waals surface area contributed by atoms with Gasteiger partial charge < -0.3 is 10.6 Å². The normalized spacial score (nSPS) is 10.5. The van der Waals surface area contributed by atoms with E-state index in [0.29, 0.717) is 6.54 Å². The van der Waals surface area contributed by atoms with Crippen LogP contribution in [0.25, 0.3) is 0 Å². The Morgan fingerprint density at radius 3 is 2.65 bits per heavy atom. The van der Waals surface area contributed by atoms with E-state index in [-0.39, 0.29) is 0 Å². The molecular weight excluding hydrogens is 232 g/mol. The molecule has 0 aliphatic carbocycles. The predicted molar refractivity (Wildman–Crippen MR) is 71.1 cm³/mol. The van der Waals surface area contributed by atoms with Crippen molar-refractivity contribution in [2.75, 3.05) is 11.9 Å². The smallest absolute Gasteiger partial charge is 0.185 e. The van der Waals surface area contributed by atoms with Crippen LogP contribution in [0.5, 0.6) is 0 Å². The topological polar surface area (TPSA) is 55.0 Å². The molecule has 2 aromatic heterocycles. The second kappa shape index (κ2) is 5.25. The monoisotopic (exact) mass is 248 g/mol. The number of hydrogen-bond acceptors (Lipinski definition) is 5. The maximum absolute atomic E-state index is 5.66. The van der Waals surface area contributed by atoms with Gasteiger partial charge >= 0.3 is 0 Å². The summed E-state index contributed by atoms with van der Waals surface area (Å²) >= 11 is 1.66. The molecule has 4 nitrogen and oxygen atoms in total. The number of pyridine rings is 1. The summed E-state index contributed by atoms with van der Waals surface area (Å²) < 4.78 is 0. The van der Waals surface area contributed by atoms with Crippen molar-refractivity contribution >= 4 is 16.5 Å². The minimum atomic E-state index is 0.562. The fourth-order valence-corrected chi connectivity index (χ4v) is 2.50. The van der Waals surface area contributed by atoms with Crippen LogP contribution in [0.1, 0.15) is 16.1 Å². The maximum atomic E-state index is 5.66. The van der Waals surface area contributed by atoms with E-state index in [9.17, 15) is 0 Å². The summed E-state index contributed by atoms with van der Waals surface area (Å²) in [7, 11) is 2.04. The molecule has 0 radical (unpaired) electrons. The Kier molecular flexibility index (Phi) is 3.71. The van der Waals surface area contributed by atoms with Gasteiger partial charge in [0.05, 0.1) is 5.69 Å². The third-order valence-electron chi connectivity index (χ3n) is 2.56. The number of nitrogens with zero attached hydrogens (tertiary/aromatic N) is 3. The van der Waals surface area contributed by atoms with Gasteiger partial charge in [-0.25, -0.2) is 4.98 Å². The third-order valence-corrected chi connectivity index (χ3v) is 3.86. The fraction of sp³-hybridized carbons (Fsp3) is 0.333. The van der Waals surface area contributed by atoms with E-state index in [1.807, 2.05) is 38.5 Å². The number of aryl methyl sites for hydroxylation is 1. The Bertz CT molecular complexity index is 481. The van der Waals surface area contributed by atoms with Crippen LogP contribution in [-0.2, 0) is 13.1 Å². The first kappa shape index (κ1) is 12.0. The van der Waals surface area contributed by atoms with Crippen molar-refractivity contribution in [3.05, 3.63) is 40.7 Å². The minimum Gasteiger partial charge on any atom is -0.347 e. The molecule has 0 atom stereocenters. The first-order valence-corrected chi connectivity index (χ1v) is 6.28. The van der Waals surface area contributed by atoms with Crippen molar-refractivity contribution in [1.29, 1.82) is 0 Å². The number of nitrogens with two attached hydrogens (primary N) is 1. The van der Waals surface area contributed by atoms with E-state index in [1.54, 1.807) is 11.3 Å². The van der Waals surface area contributed by atoms with E-state index in [0.717, 1.165) is 22.2 Å². The highest BCUT2D eigenvalue weighted by molar-refractivity contribution is 7.15. The van der Waals surface area contributed by atoms with Gasteiger partial charge in [0.25, 0.3) is 0 Å². The minimum absolute atomic E-state index is 0.562. The Morgan fingerprint density at radius 1 is 1.35 bits per heavy atom. The molecule has 0 saturated heterocycles. The van der Waals surface area contributed by atoms with Crippen molar-refractivity contribution in [2.24, 2.45) is 5.73 Å². The number of hydrogen-bond donors (Lipinski definition) is 1. The molecule has 0 aliphatic rings. The van der Waals surface area contributed by atoms with Crippen molar-refractivity contribution < 1.29 is 0 Å². The van der Waals surface area contributed by atoms with Crippen LogP contribution in [0, 0.1) is 6.92 Å². The predicted octanol–water partition coefficient (Wildman–Crippen LogP) is 1.94. The standard InChI is InChI=1S/C12H16N4S/c1-9-11(7-13)17-12(15-9)16(2)8-10-3-5-14-6-4-10/h3-6H,7-8,13H2,1-2H3. The Balaban J connectivity index is 2.12. The SMILES string of the molecule is Cc1nc(N(C)Cc2ccncc2)sc1CN. The number of anilines is 1. The molecule has 0 unspecified atom stereocenters. The highest BCUT2D eigenvalue weighted by Gasteiger charge is 2.10. The first-order chi connectivity index (χ1) is 8.20. The Hall–Kier alpha value is -1.46. The zero-order chi connectivity index (χ0) is 12.3. The van der Waals surface area contributed by atoms with E-state index in [1.165, 1.54) is 5.56 Å². The van der Waals surface area contributed by atoms with Gasteiger partial charge in [-0.3, -0.25) is 4.98 Å². The first-order valence-electron chi connectivity index (χ1n) is 5.47. The Morgan fingerprint density at radius 2 is 2.06 bits per heavy atom. The molecule has 17 heavy (non-hydrogen) atoms. The van der Waals surface area contributed by atoms with Gasteiger partial charge in [-0.2, -0.15) is 0 Å².